The number of fused-ring (bicyclic) bond motifs is 3. The molecule has 5 heteroatoms. The van der Waals surface area contributed by atoms with Gasteiger partial charge in [0.25, 0.3) is 0 Å². The summed E-state index contributed by atoms with van der Waals surface area (Å²) in [6, 6.07) is 5.63. The predicted molar refractivity (Wildman–Crippen MR) is 72.1 cm³/mol. The standard InChI is InChI=1S/C15H14O5/c1-20-13-6-9(17)4-10-11(18)3-7-2-8(16)5-12(19)14(7)15(10)13/h2,4-6,11,16-19H,3H2,1H3. The maximum absolute atomic E-state index is 10.2. The lowest BCUT2D eigenvalue weighted by atomic mass is 9.82. The third-order valence-electron chi connectivity index (χ3n) is 3.54. The van der Waals surface area contributed by atoms with Crippen LogP contribution in [0.3, 0.4) is 0 Å². The third-order valence-corrected chi connectivity index (χ3v) is 3.54. The van der Waals surface area contributed by atoms with Crippen LogP contribution in [0.1, 0.15) is 17.2 Å². The van der Waals surface area contributed by atoms with E-state index >= 15 is 0 Å². The van der Waals surface area contributed by atoms with Crippen LogP contribution in [0.15, 0.2) is 24.3 Å². The van der Waals surface area contributed by atoms with Crippen molar-refractivity contribution in [2.24, 2.45) is 0 Å². The molecule has 104 valence electrons. The summed E-state index contributed by atoms with van der Waals surface area (Å²) < 4.78 is 5.24. The van der Waals surface area contributed by atoms with Gasteiger partial charge in [0.1, 0.15) is 23.0 Å². The quantitative estimate of drug-likeness (QED) is 0.639. The van der Waals surface area contributed by atoms with E-state index in [0.717, 1.165) is 0 Å². The Bertz CT molecular complexity index is 693. The SMILES string of the molecule is COc1cc(O)cc2c1-c1c(O)cc(O)cc1CC2O. The van der Waals surface area contributed by atoms with Crippen molar-refractivity contribution >= 4 is 0 Å². The smallest absolute Gasteiger partial charge is 0.130 e. The van der Waals surface area contributed by atoms with Gasteiger partial charge in [0.05, 0.1) is 13.2 Å². The van der Waals surface area contributed by atoms with Gasteiger partial charge in [-0.25, -0.2) is 0 Å². The summed E-state index contributed by atoms with van der Waals surface area (Å²) >= 11 is 0. The predicted octanol–water partition coefficient (Wildman–Crippen LogP) is 2.07. The molecule has 2 aromatic rings. The van der Waals surface area contributed by atoms with Crippen LogP contribution in [0.25, 0.3) is 11.1 Å². The van der Waals surface area contributed by atoms with Crippen LogP contribution >= 0.6 is 0 Å². The van der Waals surface area contributed by atoms with Crippen LogP contribution in [0.5, 0.6) is 23.0 Å². The fourth-order valence-corrected chi connectivity index (χ4v) is 2.75. The molecule has 0 saturated carbocycles. The van der Waals surface area contributed by atoms with E-state index in [1.807, 2.05) is 0 Å². The molecule has 20 heavy (non-hydrogen) atoms. The molecular formula is C15H14O5. The zero-order chi connectivity index (χ0) is 14.4. The van der Waals surface area contributed by atoms with Crippen molar-refractivity contribution in [3.8, 4) is 34.1 Å². The largest absolute Gasteiger partial charge is 0.508 e. The number of phenols is 3. The molecule has 0 fully saturated rings. The molecule has 0 heterocycles. The number of methoxy groups -OCH3 is 1. The first-order chi connectivity index (χ1) is 9.51. The molecule has 0 bridgehead atoms. The highest BCUT2D eigenvalue weighted by Crippen LogP contribution is 2.49. The minimum absolute atomic E-state index is 0.0126. The first kappa shape index (κ1) is 12.6. The topological polar surface area (TPSA) is 90.2 Å². The van der Waals surface area contributed by atoms with Crippen LogP contribution < -0.4 is 4.74 Å². The van der Waals surface area contributed by atoms with Crippen LogP contribution in [0.4, 0.5) is 0 Å². The van der Waals surface area contributed by atoms with Crippen LogP contribution in [0.2, 0.25) is 0 Å². The summed E-state index contributed by atoms with van der Waals surface area (Å²) in [4.78, 5) is 0. The number of hydrogen-bond donors (Lipinski definition) is 4. The van der Waals surface area contributed by atoms with Gasteiger partial charge in [0, 0.05) is 29.7 Å². The van der Waals surface area contributed by atoms with E-state index in [1.165, 1.54) is 31.4 Å². The summed E-state index contributed by atoms with van der Waals surface area (Å²) in [5.41, 5.74) is 2.18. The van der Waals surface area contributed by atoms with Gasteiger partial charge in [-0.15, -0.1) is 0 Å². The fourth-order valence-electron chi connectivity index (χ4n) is 2.75. The minimum Gasteiger partial charge on any atom is -0.508 e. The van der Waals surface area contributed by atoms with Crippen molar-refractivity contribution in [1.29, 1.82) is 0 Å². The molecule has 1 aliphatic carbocycles. The Hall–Kier alpha value is -2.40. The Balaban J connectivity index is 2.38. The number of aliphatic hydroxyl groups excluding tert-OH is 1. The lowest BCUT2D eigenvalue weighted by Crippen LogP contribution is -2.11. The Morgan fingerprint density at radius 2 is 1.70 bits per heavy atom. The number of hydrogen-bond acceptors (Lipinski definition) is 5. The fraction of sp³-hybridized carbons (Fsp3) is 0.200. The molecular weight excluding hydrogens is 260 g/mol. The van der Waals surface area contributed by atoms with Gasteiger partial charge < -0.3 is 25.2 Å². The van der Waals surface area contributed by atoms with Crippen LogP contribution in [0, 0.1) is 0 Å². The molecule has 2 aromatic carbocycles. The molecule has 3 rings (SSSR count). The number of benzene rings is 2. The molecule has 1 aliphatic rings. The Morgan fingerprint density at radius 3 is 2.40 bits per heavy atom. The van der Waals surface area contributed by atoms with E-state index in [0.29, 0.717) is 28.0 Å². The normalized spacial score (nSPS) is 16.4. The van der Waals surface area contributed by atoms with E-state index in [9.17, 15) is 20.4 Å². The summed E-state index contributed by atoms with van der Waals surface area (Å²) in [5.74, 6) is 0.203. The number of rotatable bonds is 1. The molecule has 0 spiro atoms. The minimum atomic E-state index is -0.834. The number of aromatic hydroxyl groups is 3. The highest BCUT2D eigenvalue weighted by atomic mass is 16.5. The second-order valence-electron chi connectivity index (χ2n) is 4.83. The zero-order valence-electron chi connectivity index (χ0n) is 10.8. The Kier molecular flexibility index (Phi) is 2.72. The van der Waals surface area contributed by atoms with Crippen molar-refractivity contribution in [2.45, 2.75) is 12.5 Å². The zero-order valence-corrected chi connectivity index (χ0v) is 10.8. The van der Waals surface area contributed by atoms with E-state index < -0.39 is 6.10 Å². The average Bonchev–Trinajstić information content (AvgIpc) is 2.37. The molecule has 1 atom stereocenters. The first-order valence-electron chi connectivity index (χ1n) is 6.15. The molecule has 0 aromatic heterocycles. The molecule has 0 radical (unpaired) electrons. The second-order valence-corrected chi connectivity index (χ2v) is 4.83. The van der Waals surface area contributed by atoms with Gasteiger partial charge in [-0.2, -0.15) is 0 Å². The molecule has 5 nitrogen and oxygen atoms in total. The van der Waals surface area contributed by atoms with Gasteiger partial charge in [-0.3, -0.25) is 0 Å². The van der Waals surface area contributed by atoms with Crippen LogP contribution in [-0.2, 0) is 6.42 Å². The Morgan fingerprint density at radius 1 is 1.00 bits per heavy atom. The van der Waals surface area contributed by atoms with Crippen molar-refractivity contribution < 1.29 is 25.2 Å². The van der Waals surface area contributed by atoms with E-state index in [1.54, 1.807) is 0 Å². The van der Waals surface area contributed by atoms with Crippen molar-refractivity contribution in [3.63, 3.8) is 0 Å². The summed E-state index contributed by atoms with van der Waals surface area (Å²) in [7, 11) is 1.45. The molecule has 0 saturated heterocycles. The number of ether oxygens (including phenoxy) is 1. The highest BCUT2D eigenvalue weighted by Gasteiger charge is 2.29. The summed E-state index contributed by atoms with van der Waals surface area (Å²) in [6.07, 6.45) is -0.587. The monoisotopic (exact) mass is 274 g/mol. The molecule has 4 N–H and O–H groups in total. The van der Waals surface area contributed by atoms with E-state index in [2.05, 4.69) is 0 Å². The molecule has 0 aliphatic heterocycles. The summed E-state index contributed by atoms with van der Waals surface area (Å²) in [6.45, 7) is 0. The lowest BCUT2D eigenvalue weighted by Gasteiger charge is -2.27. The second kappa shape index (κ2) is 4.31. The van der Waals surface area contributed by atoms with Gasteiger partial charge in [-0.1, -0.05) is 0 Å². The number of phenolic OH excluding ortho intramolecular Hbond substituents is 3. The van der Waals surface area contributed by atoms with Gasteiger partial charge >= 0.3 is 0 Å². The van der Waals surface area contributed by atoms with E-state index in [4.69, 9.17) is 4.74 Å². The first-order valence-corrected chi connectivity index (χ1v) is 6.15. The summed E-state index contributed by atoms with van der Waals surface area (Å²) in [5, 5.41) is 39.6. The van der Waals surface area contributed by atoms with Gasteiger partial charge in [-0.05, 0) is 23.3 Å². The highest BCUT2D eigenvalue weighted by molar-refractivity contribution is 5.84. The van der Waals surface area contributed by atoms with E-state index in [-0.39, 0.29) is 23.7 Å². The van der Waals surface area contributed by atoms with Crippen molar-refractivity contribution in [3.05, 3.63) is 35.4 Å². The van der Waals surface area contributed by atoms with Gasteiger partial charge in [0.2, 0.25) is 0 Å². The van der Waals surface area contributed by atoms with Crippen molar-refractivity contribution in [1.82, 2.24) is 0 Å². The maximum atomic E-state index is 10.2. The maximum Gasteiger partial charge on any atom is 0.130 e. The molecule has 0 amide bonds. The lowest BCUT2D eigenvalue weighted by molar-refractivity contribution is 0.176. The third kappa shape index (κ3) is 1.75. The van der Waals surface area contributed by atoms with Gasteiger partial charge in [0.15, 0.2) is 0 Å². The Labute approximate surface area is 115 Å². The van der Waals surface area contributed by atoms with Crippen LogP contribution in [-0.4, -0.2) is 27.5 Å². The van der Waals surface area contributed by atoms with Crippen molar-refractivity contribution in [2.75, 3.05) is 7.11 Å². The average molecular weight is 274 g/mol. The number of aliphatic hydroxyl groups is 1. The molecule has 1 unspecified atom stereocenters.